The Morgan fingerprint density at radius 3 is 2.55 bits per heavy atom. The number of nitrogens with one attached hydrogen (secondary N) is 2. The third-order valence-corrected chi connectivity index (χ3v) is 3.63. The van der Waals surface area contributed by atoms with Crippen LogP contribution in [0.3, 0.4) is 0 Å². The molecule has 1 aromatic carbocycles. The second kappa shape index (κ2) is 5.39. The molecule has 2 rings (SSSR count). The average molecular weight is 294 g/mol. The number of amides is 2. The number of nitrogens with zero attached hydrogens (tertiary/aromatic N) is 1. The number of carboxylic acid groups (broad SMARTS) is 1. The smallest absolute Gasteiger partial charge is 0.329 e. The Bertz CT molecular complexity index is 605. The van der Waals surface area contributed by atoms with Gasteiger partial charge in [-0.1, -0.05) is 11.6 Å². The largest absolute Gasteiger partial charge is 0.480 e. The van der Waals surface area contributed by atoms with E-state index >= 15 is 0 Å². The van der Waals surface area contributed by atoms with E-state index < -0.39 is 17.5 Å². The Morgan fingerprint density at radius 1 is 1.40 bits per heavy atom. The van der Waals surface area contributed by atoms with E-state index in [4.69, 9.17) is 22.0 Å². The Labute approximate surface area is 120 Å². The molecule has 0 heterocycles. The van der Waals surface area contributed by atoms with Crippen molar-refractivity contribution in [1.82, 2.24) is 5.32 Å². The lowest BCUT2D eigenvalue weighted by molar-refractivity contribution is -0.148. The van der Waals surface area contributed by atoms with E-state index in [0.717, 1.165) is 6.42 Å². The van der Waals surface area contributed by atoms with Crippen LogP contribution in [0.4, 0.5) is 10.5 Å². The minimum atomic E-state index is -1.18. The van der Waals surface area contributed by atoms with Crippen LogP contribution >= 0.6 is 11.6 Å². The summed E-state index contributed by atoms with van der Waals surface area (Å²) >= 11 is 5.92. The summed E-state index contributed by atoms with van der Waals surface area (Å²) < 4.78 is 0. The van der Waals surface area contributed by atoms with Gasteiger partial charge >= 0.3 is 12.0 Å². The van der Waals surface area contributed by atoms with Crippen molar-refractivity contribution in [1.29, 1.82) is 5.26 Å². The number of hydrogen-bond acceptors (Lipinski definition) is 3. The molecule has 0 saturated heterocycles. The van der Waals surface area contributed by atoms with Gasteiger partial charge in [-0.2, -0.15) is 5.26 Å². The maximum absolute atomic E-state index is 11.8. The molecule has 0 bridgehead atoms. The van der Waals surface area contributed by atoms with Crippen LogP contribution in [-0.4, -0.2) is 22.6 Å². The molecular formula is C13H12ClN3O3. The summed E-state index contributed by atoms with van der Waals surface area (Å²) in [7, 11) is 0. The fraction of sp³-hybridized carbons (Fsp3) is 0.308. The molecule has 1 aliphatic rings. The van der Waals surface area contributed by atoms with Crippen LogP contribution in [0.2, 0.25) is 5.02 Å². The minimum absolute atomic E-state index is 0.220. The second-order valence-corrected chi connectivity index (χ2v) is 5.03. The van der Waals surface area contributed by atoms with Gasteiger partial charge in [0.25, 0.3) is 0 Å². The Balaban J connectivity index is 2.05. The molecular weight excluding hydrogens is 282 g/mol. The topological polar surface area (TPSA) is 102 Å². The van der Waals surface area contributed by atoms with Crippen LogP contribution in [0.5, 0.6) is 0 Å². The van der Waals surface area contributed by atoms with Crippen LogP contribution in [0.15, 0.2) is 18.2 Å². The monoisotopic (exact) mass is 293 g/mol. The first-order valence-electron chi connectivity index (χ1n) is 5.99. The molecule has 0 radical (unpaired) electrons. The van der Waals surface area contributed by atoms with E-state index in [1.54, 1.807) is 0 Å². The zero-order valence-electron chi connectivity index (χ0n) is 10.4. The van der Waals surface area contributed by atoms with Crippen molar-refractivity contribution in [3.05, 3.63) is 28.8 Å². The van der Waals surface area contributed by atoms with Gasteiger partial charge in [0.15, 0.2) is 0 Å². The van der Waals surface area contributed by atoms with Gasteiger partial charge in [0.2, 0.25) is 0 Å². The van der Waals surface area contributed by atoms with Gasteiger partial charge in [-0.05, 0) is 37.5 Å². The number of carboxylic acids is 1. The van der Waals surface area contributed by atoms with Gasteiger partial charge in [-0.3, -0.25) is 0 Å². The fourth-order valence-electron chi connectivity index (χ4n) is 1.98. The summed E-state index contributed by atoms with van der Waals surface area (Å²) in [6.45, 7) is 0. The van der Waals surface area contributed by atoms with Crippen molar-refractivity contribution >= 4 is 29.3 Å². The maximum Gasteiger partial charge on any atom is 0.329 e. The third kappa shape index (κ3) is 2.68. The van der Waals surface area contributed by atoms with E-state index in [1.165, 1.54) is 18.2 Å². The Hall–Kier alpha value is -2.26. The molecule has 7 heteroatoms. The molecule has 1 aliphatic carbocycles. The number of benzene rings is 1. The fourth-order valence-corrected chi connectivity index (χ4v) is 2.21. The maximum atomic E-state index is 11.8. The Morgan fingerprint density at radius 2 is 2.10 bits per heavy atom. The highest BCUT2D eigenvalue weighted by Crippen LogP contribution is 2.32. The van der Waals surface area contributed by atoms with Crippen LogP contribution in [0, 0.1) is 11.3 Å². The van der Waals surface area contributed by atoms with Gasteiger partial charge < -0.3 is 15.7 Å². The number of hydrogen-bond donors (Lipinski definition) is 3. The van der Waals surface area contributed by atoms with Gasteiger partial charge in [-0.25, -0.2) is 9.59 Å². The van der Waals surface area contributed by atoms with E-state index in [2.05, 4.69) is 10.6 Å². The molecule has 1 saturated carbocycles. The van der Waals surface area contributed by atoms with E-state index in [0.29, 0.717) is 24.1 Å². The molecule has 1 aromatic rings. The number of nitriles is 1. The predicted octanol–water partition coefficient (Wildman–Crippen LogP) is 2.34. The summed E-state index contributed by atoms with van der Waals surface area (Å²) in [5.74, 6) is -1.04. The van der Waals surface area contributed by atoms with Crippen molar-refractivity contribution in [2.75, 3.05) is 5.32 Å². The first-order chi connectivity index (χ1) is 9.47. The number of carbonyl (C=O) groups is 2. The summed E-state index contributed by atoms with van der Waals surface area (Å²) in [5, 5.41) is 23.0. The highest BCUT2D eigenvalue weighted by atomic mass is 35.5. The van der Waals surface area contributed by atoms with Gasteiger partial charge in [-0.15, -0.1) is 0 Å². The molecule has 6 nitrogen and oxygen atoms in total. The van der Waals surface area contributed by atoms with Crippen LogP contribution in [0.1, 0.15) is 24.8 Å². The molecule has 0 aromatic heterocycles. The molecule has 0 atom stereocenters. The molecule has 2 amide bonds. The van der Waals surface area contributed by atoms with Crippen molar-refractivity contribution in [3.8, 4) is 6.07 Å². The van der Waals surface area contributed by atoms with Gasteiger partial charge in [0.05, 0.1) is 22.3 Å². The molecule has 1 fully saturated rings. The van der Waals surface area contributed by atoms with Gasteiger partial charge in [0.1, 0.15) is 5.54 Å². The normalized spacial score (nSPS) is 15.6. The molecule has 0 spiro atoms. The highest BCUT2D eigenvalue weighted by Gasteiger charge is 2.45. The molecule has 20 heavy (non-hydrogen) atoms. The van der Waals surface area contributed by atoms with Crippen molar-refractivity contribution in [2.45, 2.75) is 24.8 Å². The number of carbonyl (C=O) groups excluding carboxylic acids is 1. The average Bonchev–Trinajstić information content (AvgIpc) is 2.35. The number of halogens is 1. The van der Waals surface area contributed by atoms with E-state index in [-0.39, 0.29) is 5.02 Å². The summed E-state index contributed by atoms with van der Waals surface area (Å²) in [6, 6.07) is 5.73. The SMILES string of the molecule is N#Cc1ccc(NC(=O)NC2(C(=O)O)CCC2)c(Cl)c1. The number of anilines is 1. The first kappa shape index (κ1) is 14.2. The standard InChI is InChI=1S/C13H12ClN3O3/c14-9-6-8(7-15)2-3-10(9)16-12(20)17-13(11(18)19)4-1-5-13/h2-3,6H,1,4-5H2,(H,18,19)(H2,16,17,20). The first-order valence-corrected chi connectivity index (χ1v) is 6.37. The molecule has 0 unspecified atom stereocenters. The quantitative estimate of drug-likeness (QED) is 0.796. The van der Waals surface area contributed by atoms with Crippen molar-refractivity contribution < 1.29 is 14.7 Å². The molecule has 3 N–H and O–H groups in total. The summed E-state index contributed by atoms with van der Waals surface area (Å²) in [6.07, 6.45) is 1.60. The minimum Gasteiger partial charge on any atom is -0.480 e. The predicted molar refractivity (Wildman–Crippen MR) is 72.5 cm³/mol. The summed E-state index contributed by atoms with van der Waals surface area (Å²) in [4.78, 5) is 23.0. The van der Waals surface area contributed by atoms with Crippen molar-refractivity contribution in [2.24, 2.45) is 0 Å². The third-order valence-electron chi connectivity index (χ3n) is 3.32. The van der Waals surface area contributed by atoms with Crippen LogP contribution in [-0.2, 0) is 4.79 Å². The van der Waals surface area contributed by atoms with Gasteiger partial charge in [0, 0.05) is 0 Å². The lowest BCUT2D eigenvalue weighted by atomic mass is 9.77. The molecule has 104 valence electrons. The van der Waals surface area contributed by atoms with Crippen LogP contribution in [0.25, 0.3) is 0 Å². The highest BCUT2D eigenvalue weighted by molar-refractivity contribution is 6.33. The number of rotatable bonds is 3. The zero-order chi connectivity index (χ0) is 14.8. The van der Waals surface area contributed by atoms with Crippen molar-refractivity contribution in [3.63, 3.8) is 0 Å². The molecule has 0 aliphatic heterocycles. The number of aliphatic carboxylic acids is 1. The second-order valence-electron chi connectivity index (χ2n) is 4.63. The summed E-state index contributed by atoms with van der Waals surface area (Å²) in [5.41, 5.74) is -0.478. The lowest BCUT2D eigenvalue weighted by Crippen LogP contribution is -2.60. The van der Waals surface area contributed by atoms with E-state index in [1.807, 2.05) is 6.07 Å². The van der Waals surface area contributed by atoms with E-state index in [9.17, 15) is 9.59 Å². The lowest BCUT2D eigenvalue weighted by Gasteiger charge is -2.38. The van der Waals surface area contributed by atoms with Crippen LogP contribution < -0.4 is 10.6 Å². The zero-order valence-corrected chi connectivity index (χ0v) is 11.2. The Kier molecular flexibility index (Phi) is 3.81. The number of urea groups is 1.